The molecule has 0 amide bonds. The average Bonchev–Trinajstić information content (AvgIpc) is 2.51. The largest absolute Gasteiger partial charge is 0.490 e. The third-order valence-electron chi connectivity index (χ3n) is 4.76. The highest BCUT2D eigenvalue weighted by atomic mass is 19.1. The molecule has 1 aromatic carbocycles. The van der Waals surface area contributed by atoms with Gasteiger partial charge >= 0.3 is 0 Å². The summed E-state index contributed by atoms with van der Waals surface area (Å²) >= 11 is 0. The molecular formula is C17H24FNO2. The van der Waals surface area contributed by atoms with Gasteiger partial charge in [-0.3, -0.25) is 4.90 Å². The molecule has 0 bridgehead atoms. The van der Waals surface area contributed by atoms with Crippen molar-refractivity contribution in [2.45, 2.75) is 56.8 Å². The lowest BCUT2D eigenvalue weighted by molar-refractivity contribution is -0.00693. The average molecular weight is 293 g/mol. The van der Waals surface area contributed by atoms with Crippen LogP contribution < -0.4 is 4.74 Å². The van der Waals surface area contributed by atoms with Crippen LogP contribution in [0.1, 0.15) is 38.5 Å². The molecule has 1 aliphatic carbocycles. The Morgan fingerprint density at radius 2 is 1.67 bits per heavy atom. The molecule has 0 radical (unpaired) electrons. The zero-order chi connectivity index (χ0) is 14.7. The van der Waals surface area contributed by atoms with E-state index in [4.69, 9.17) is 4.74 Å². The molecule has 2 unspecified atom stereocenters. The number of hydrogen-bond acceptors (Lipinski definition) is 3. The first-order chi connectivity index (χ1) is 10.2. The van der Waals surface area contributed by atoms with Gasteiger partial charge in [-0.1, -0.05) is 12.8 Å². The topological polar surface area (TPSA) is 32.7 Å². The van der Waals surface area contributed by atoms with Crippen LogP contribution in [0, 0.1) is 5.82 Å². The van der Waals surface area contributed by atoms with Gasteiger partial charge in [0.2, 0.25) is 0 Å². The van der Waals surface area contributed by atoms with Gasteiger partial charge in [0.1, 0.15) is 17.7 Å². The van der Waals surface area contributed by atoms with Crippen molar-refractivity contribution in [2.24, 2.45) is 0 Å². The molecule has 21 heavy (non-hydrogen) atoms. The predicted octanol–water partition coefficient (Wildman–Crippen LogP) is 2.97. The summed E-state index contributed by atoms with van der Waals surface area (Å²) in [6.07, 6.45) is 6.43. The van der Waals surface area contributed by atoms with E-state index >= 15 is 0 Å². The lowest BCUT2D eigenvalue weighted by Gasteiger charge is -2.41. The normalized spacial score (nSPS) is 28.5. The number of benzene rings is 1. The van der Waals surface area contributed by atoms with Crippen LogP contribution in [0.3, 0.4) is 0 Å². The summed E-state index contributed by atoms with van der Waals surface area (Å²) in [5.74, 6) is 0.510. The number of rotatable bonds is 3. The van der Waals surface area contributed by atoms with Crippen LogP contribution in [0.25, 0.3) is 0 Å². The lowest BCUT2D eigenvalue weighted by Crippen LogP contribution is -2.50. The van der Waals surface area contributed by atoms with Crippen molar-refractivity contribution in [3.8, 4) is 5.75 Å². The van der Waals surface area contributed by atoms with Gasteiger partial charge < -0.3 is 9.84 Å². The van der Waals surface area contributed by atoms with Crippen molar-refractivity contribution >= 4 is 0 Å². The smallest absolute Gasteiger partial charge is 0.123 e. The highest BCUT2D eigenvalue weighted by Gasteiger charge is 2.31. The number of hydrogen-bond donors (Lipinski definition) is 1. The summed E-state index contributed by atoms with van der Waals surface area (Å²) < 4.78 is 18.8. The minimum absolute atomic E-state index is 0.159. The number of aliphatic hydroxyl groups excluding tert-OH is 1. The SMILES string of the molecule is OC1CCCCC1N1CCC(Oc2ccc(F)cc2)CC1. The molecule has 0 spiro atoms. The van der Waals surface area contributed by atoms with Crippen LogP contribution in [-0.4, -0.2) is 41.3 Å². The van der Waals surface area contributed by atoms with E-state index in [1.54, 1.807) is 12.1 Å². The Hall–Kier alpha value is -1.13. The number of ether oxygens (including phenoxy) is 1. The fourth-order valence-corrected chi connectivity index (χ4v) is 3.55. The molecule has 116 valence electrons. The van der Waals surface area contributed by atoms with Crippen molar-refractivity contribution in [3.05, 3.63) is 30.1 Å². The van der Waals surface area contributed by atoms with Crippen molar-refractivity contribution < 1.29 is 14.2 Å². The zero-order valence-electron chi connectivity index (χ0n) is 12.4. The molecule has 1 aromatic rings. The molecule has 2 aliphatic rings. The van der Waals surface area contributed by atoms with E-state index in [2.05, 4.69) is 4.90 Å². The van der Waals surface area contributed by atoms with E-state index in [0.29, 0.717) is 6.04 Å². The van der Waals surface area contributed by atoms with Crippen molar-refractivity contribution in [3.63, 3.8) is 0 Å². The van der Waals surface area contributed by atoms with Gasteiger partial charge in [0.25, 0.3) is 0 Å². The first-order valence-electron chi connectivity index (χ1n) is 8.07. The maximum Gasteiger partial charge on any atom is 0.123 e. The summed E-state index contributed by atoms with van der Waals surface area (Å²) in [6, 6.07) is 6.58. The molecule has 2 atom stereocenters. The second-order valence-corrected chi connectivity index (χ2v) is 6.23. The third-order valence-corrected chi connectivity index (χ3v) is 4.76. The molecule has 4 heteroatoms. The van der Waals surface area contributed by atoms with Gasteiger partial charge in [0.05, 0.1) is 6.10 Å². The van der Waals surface area contributed by atoms with E-state index in [-0.39, 0.29) is 18.0 Å². The number of piperidine rings is 1. The van der Waals surface area contributed by atoms with E-state index in [0.717, 1.165) is 50.9 Å². The monoisotopic (exact) mass is 293 g/mol. The molecule has 1 saturated carbocycles. The number of nitrogens with zero attached hydrogens (tertiary/aromatic N) is 1. The number of aliphatic hydroxyl groups is 1. The van der Waals surface area contributed by atoms with Gasteiger partial charge in [0.15, 0.2) is 0 Å². The molecule has 0 aromatic heterocycles. The summed E-state index contributed by atoms with van der Waals surface area (Å²) in [7, 11) is 0. The molecule has 1 saturated heterocycles. The highest BCUT2D eigenvalue weighted by molar-refractivity contribution is 5.22. The van der Waals surface area contributed by atoms with Gasteiger partial charge in [-0.2, -0.15) is 0 Å². The molecule has 1 heterocycles. The van der Waals surface area contributed by atoms with Crippen LogP contribution in [0.2, 0.25) is 0 Å². The standard InChI is InChI=1S/C17H24FNO2/c18-13-5-7-14(8-6-13)21-15-9-11-19(12-10-15)16-3-1-2-4-17(16)20/h5-8,15-17,20H,1-4,9-12H2. The van der Waals surface area contributed by atoms with Crippen LogP contribution in [0.15, 0.2) is 24.3 Å². The fourth-order valence-electron chi connectivity index (χ4n) is 3.55. The molecule has 1 aliphatic heterocycles. The summed E-state index contributed by atoms with van der Waals surface area (Å²) in [5, 5.41) is 10.1. The maximum absolute atomic E-state index is 12.9. The Balaban J connectivity index is 1.49. The predicted molar refractivity (Wildman–Crippen MR) is 79.9 cm³/mol. The van der Waals surface area contributed by atoms with Crippen LogP contribution in [0.5, 0.6) is 5.75 Å². The van der Waals surface area contributed by atoms with Crippen LogP contribution in [-0.2, 0) is 0 Å². The van der Waals surface area contributed by atoms with E-state index in [9.17, 15) is 9.50 Å². The maximum atomic E-state index is 12.9. The van der Waals surface area contributed by atoms with Gasteiger partial charge in [-0.15, -0.1) is 0 Å². The summed E-state index contributed by atoms with van der Waals surface area (Å²) in [4.78, 5) is 2.42. The minimum Gasteiger partial charge on any atom is -0.490 e. The second-order valence-electron chi connectivity index (χ2n) is 6.23. The van der Waals surface area contributed by atoms with Crippen molar-refractivity contribution in [1.82, 2.24) is 4.90 Å². The Bertz CT molecular complexity index is 443. The van der Waals surface area contributed by atoms with Gasteiger partial charge in [-0.25, -0.2) is 4.39 Å². The first-order valence-corrected chi connectivity index (χ1v) is 8.07. The van der Waals surface area contributed by atoms with Gasteiger partial charge in [-0.05, 0) is 49.9 Å². The number of halogens is 1. The van der Waals surface area contributed by atoms with E-state index in [1.165, 1.54) is 18.6 Å². The summed E-state index contributed by atoms with van der Waals surface area (Å²) in [5.41, 5.74) is 0. The molecule has 3 rings (SSSR count). The Labute approximate surface area is 125 Å². The molecule has 2 fully saturated rings. The molecular weight excluding hydrogens is 269 g/mol. The van der Waals surface area contributed by atoms with Gasteiger partial charge in [0, 0.05) is 19.1 Å². The Morgan fingerprint density at radius 3 is 2.33 bits per heavy atom. The minimum atomic E-state index is -0.233. The zero-order valence-corrected chi connectivity index (χ0v) is 12.4. The number of likely N-dealkylation sites (tertiary alicyclic amines) is 1. The molecule has 1 N–H and O–H groups in total. The van der Waals surface area contributed by atoms with Crippen LogP contribution in [0.4, 0.5) is 4.39 Å². The van der Waals surface area contributed by atoms with Crippen molar-refractivity contribution in [2.75, 3.05) is 13.1 Å². The lowest BCUT2D eigenvalue weighted by atomic mass is 9.90. The Morgan fingerprint density at radius 1 is 1.00 bits per heavy atom. The third kappa shape index (κ3) is 3.74. The highest BCUT2D eigenvalue weighted by Crippen LogP contribution is 2.27. The van der Waals surface area contributed by atoms with Crippen molar-refractivity contribution in [1.29, 1.82) is 0 Å². The quantitative estimate of drug-likeness (QED) is 0.930. The molecule has 3 nitrogen and oxygen atoms in total. The van der Waals surface area contributed by atoms with E-state index in [1.807, 2.05) is 0 Å². The Kier molecular flexibility index (Phi) is 4.76. The van der Waals surface area contributed by atoms with E-state index < -0.39 is 0 Å². The fraction of sp³-hybridized carbons (Fsp3) is 0.647. The van der Waals surface area contributed by atoms with Crippen LogP contribution >= 0.6 is 0 Å². The second kappa shape index (κ2) is 6.75. The summed E-state index contributed by atoms with van der Waals surface area (Å²) in [6.45, 7) is 1.96. The first kappa shape index (κ1) is 14.8.